The van der Waals surface area contributed by atoms with Crippen LogP contribution in [0.5, 0.6) is 0 Å². The molecule has 0 aliphatic carbocycles. The highest BCUT2D eigenvalue weighted by molar-refractivity contribution is 5.81. The summed E-state index contributed by atoms with van der Waals surface area (Å²) in [5, 5.41) is 4.42. The molecule has 4 heteroatoms. The maximum Gasteiger partial charge on any atom is 0.149 e. The van der Waals surface area contributed by atoms with Crippen LogP contribution in [0.4, 0.5) is 11.5 Å². The number of benzene rings is 1. The summed E-state index contributed by atoms with van der Waals surface area (Å²) in [7, 11) is 0. The van der Waals surface area contributed by atoms with Crippen molar-refractivity contribution in [2.45, 2.75) is 13.5 Å². The van der Waals surface area contributed by atoms with Crippen LogP contribution in [0, 0.1) is 6.92 Å². The lowest BCUT2D eigenvalue weighted by Crippen LogP contribution is -2.06. The molecule has 0 spiro atoms. The minimum Gasteiger partial charge on any atom is -0.396 e. The van der Waals surface area contributed by atoms with Crippen LogP contribution >= 0.6 is 0 Å². The number of aryl methyl sites for hydroxylation is 1. The van der Waals surface area contributed by atoms with E-state index in [1.165, 1.54) is 0 Å². The lowest BCUT2D eigenvalue weighted by atomic mass is 10.1. The minimum absolute atomic E-state index is 0.648. The van der Waals surface area contributed by atoms with Gasteiger partial charge in [0.1, 0.15) is 5.82 Å². The van der Waals surface area contributed by atoms with E-state index in [1.54, 1.807) is 6.20 Å². The quantitative estimate of drug-likeness (QED) is 0.763. The second-order valence-corrected chi connectivity index (χ2v) is 4.74. The van der Waals surface area contributed by atoms with E-state index in [9.17, 15) is 0 Å². The molecule has 0 fully saturated rings. The molecule has 2 aromatic heterocycles. The van der Waals surface area contributed by atoms with Crippen molar-refractivity contribution in [3.63, 3.8) is 0 Å². The molecule has 100 valence electrons. The van der Waals surface area contributed by atoms with Crippen LogP contribution in [0.25, 0.3) is 10.9 Å². The predicted octanol–water partition coefficient (Wildman–Crippen LogP) is 3.13. The SMILES string of the molecule is Cc1ccnc(NCc2cccc3cccnc23)c1N. The lowest BCUT2D eigenvalue weighted by molar-refractivity contribution is 1.11. The van der Waals surface area contributed by atoms with Crippen molar-refractivity contribution in [1.29, 1.82) is 0 Å². The standard InChI is InChI=1S/C16H16N4/c1-11-7-9-19-16(14(11)17)20-10-13-5-2-4-12-6-3-8-18-15(12)13/h2-9H,10,17H2,1H3,(H,19,20). The Kier molecular flexibility index (Phi) is 3.21. The van der Waals surface area contributed by atoms with E-state index < -0.39 is 0 Å². The van der Waals surface area contributed by atoms with Gasteiger partial charge < -0.3 is 11.1 Å². The molecule has 0 bridgehead atoms. The number of nitrogens with zero attached hydrogens (tertiary/aromatic N) is 2. The zero-order valence-electron chi connectivity index (χ0n) is 11.3. The zero-order valence-corrected chi connectivity index (χ0v) is 11.3. The maximum atomic E-state index is 6.02. The Hall–Kier alpha value is -2.62. The Labute approximate surface area is 117 Å². The highest BCUT2D eigenvalue weighted by atomic mass is 15.0. The predicted molar refractivity (Wildman–Crippen MR) is 82.5 cm³/mol. The number of aromatic nitrogens is 2. The van der Waals surface area contributed by atoms with E-state index in [1.807, 2.05) is 31.3 Å². The van der Waals surface area contributed by atoms with E-state index >= 15 is 0 Å². The monoisotopic (exact) mass is 264 g/mol. The molecule has 0 radical (unpaired) electrons. The molecule has 0 aliphatic rings. The summed E-state index contributed by atoms with van der Waals surface area (Å²) in [6.07, 6.45) is 3.57. The van der Waals surface area contributed by atoms with E-state index in [4.69, 9.17) is 5.73 Å². The molecule has 3 N–H and O–H groups in total. The second-order valence-electron chi connectivity index (χ2n) is 4.74. The summed E-state index contributed by atoms with van der Waals surface area (Å²) in [6, 6.07) is 12.1. The number of nitrogens with two attached hydrogens (primary N) is 1. The molecule has 0 aliphatic heterocycles. The fourth-order valence-corrected chi connectivity index (χ4v) is 2.20. The molecule has 0 saturated heterocycles. The smallest absolute Gasteiger partial charge is 0.149 e. The third kappa shape index (κ3) is 2.28. The summed E-state index contributed by atoms with van der Waals surface area (Å²) < 4.78 is 0. The van der Waals surface area contributed by atoms with Gasteiger partial charge in [-0.25, -0.2) is 4.98 Å². The van der Waals surface area contributed by atoms with Crippen LogP contribution in [0.2, 0.25) is 0 Å². The van der Waals surface area contributed by atoms with E-state index in [-0.39, 0.29) is 0 Å². The molecule has 0 amide bonds. The first-order chi connectivity index (χ1) is 9.75. The van der Waals surface area contributed by atoms with Gasteiger partial charge in [0.05, 0.1) is 11.2 Å². The Morgan fingerprint density at radius 1 is 1.05 bits per heavy atom. The Balaban J connectivity index is 1.89. The van der Waals surface area contributed by atoms with Gasteiger partial charge in [-0.2, -0.15) is 0 Å². The van der Waals surface area contributed by atoms with Gasteiger partial charge >= 0.3 is 0 Å². The summed E-state index contributed by atoms with van der Waals surface area (Å²) in [5.41, 5.74) is 9.88. The topological polar surface area (TPSA) is 63.8 Å². The van der Waals surface area contributed by atoms with Gasteiger partial charge in [0.15, 0.2) is 0 Å². The molecule has 0 unspecified atom stereocenters. The van der Waals surface area contributed by atoms with Crippen molar-refractivity contribution in [3.8, 4) is 0 Å². The Morgan fingerprint density at radius 2 is 1.90 bits per heavy atom. The van der Waals surface area contributed by atoms with Crippen LogP contribution in [0.3, 0.4) is 0 Å². The molecule has 0 saturated carbocycles. The molecular formula is C16H16N4. The summed E-state index contributed by atoms with van der Waals surface area (Å²) in [6.45, 7) is 2.62. The Morgan fingerprint density at radius 3 is 2.80 bits per heavy atom. The van der Waals surface area contributed by atoms with Crippen molar-refractivity contribution in [1.82, 2.24) is 9.97 Å². The number of nitrogens with one attached hydrogen (secondary N) is 1. The highest BCUT2D eigenvalue weighted by Crippen LogP contribution is 2.21. The first-order valence-electron chi connectivity index (χ1n) is 6.53. The fourth-order valence-electron chi connectivity index (χ4n) is 2.20. The molecule has 3 rings (SSSR count). The maximum absolute atomic E-state index is 6.02. The second kappa shape index (κ2) is 5.17. The van der Waals surface area contributed by atoms with Crippen molar-refractivity contribution >= 4 is 22.4 Å². The summed E-state index contributed by atoms with van der Waals surface area (Å²) >= 11 is 0. The van der Waals surface area contributed by atoms with Crippen LogP contribution in [0.1, 0.15) is 11.1 Å². The van der Waals surface area contributed by atoms with Gasteiger partial charge in [0.25, 0.3) is 0 Å². The zero-order chi connectivity index (χ0) is 13.9. The van der Waals surface area contributed by atoms with Crippen molar-refractivity contribution in [2.75, 3.05) is 11.1 Å². The molecule has 2 heterocycles. The van der Waals surface area contributed by atoms with Gasteiger partial charge in [0, 0.05) is 24.3 Å². The van der Waals surface area contributed by atoms with Gasteiger partial charge in [-0.15, -0.1) is 0 Å². The average molecular weight is 264 g/mol. The number of rotatable bonds is 3. The van der Waals surface area contributed by atoms with Gasteiger partial charge in [-0.3, -0.25) is 4.98 Å². The summed E-state index contributed by atoms with van der Waals surface area (Å²) in [4.78, 5) is 8.72. The van der Waals surface area contributed by atoms with Gasteiger partial charge in [-0.1, -0.05) is 24.3 Å². The molecule has 20 heavy (non-hydrogen) atoms. The number of anilines is 2. The van der Waals surface area contributed by atoms with E-state index in [0.717, 1.165) is 27.8 Å². The average Bonchev–Trinajstić information content (AvgIpc) is 2.49. The number of fused-ring (bicyclic) bond motifs is 1. The van der Waals surface area contributed by atoms with Gasteiger partial charge in [-0.05, 0) is 30.2 Å². The Bertz CT molecular complexity index is 747. The molecule has 1 aromatic carbocycles. The number of pyridine rings is 2. The normalized spacial score (nSPS) is 10.7. The van der Waals surface area contributed by atoms with Crippen molar-refractivity contribution < 1.29 is 0 Å². The van der Waals surface area contributed by atoms with E-state index in [0.29, 0.717) is 12.2 Å². The molecular weight excluding hydrogens is 248 g/mol. The van der Waals surface area contributed by atoms with Gasteiger partial charge in [0.2, 0.25) is 0 Å². The largest absolute Gasteiger partial charge is 0.396 e. The van der Waals surface area contributed by atoms with Crippen LogP contribution < -0.4 is 11.1 Å². The van der Waals surface area contributed by atoms with Crippen LogP contribution in [0.15, 0.2) is 48.8 Å². The van der Waals surface area contributed by atoms with E-state index in [2.05, 4.69) is 33.5 Å². The molecule has 0 atom stereocenters. The molecule has 4 nitrogen and oxygen atoms in total. The van der Waals surface area contributed by atoms with Crippen molar-refractivity contribution in [2.24, 2.45) is 0 Å². The van der Waals surface area contributed by atoms with Crippen molar-refractivity contribution in [3.05, 3.63) is 59.9 Å². The molecule has 3 aromatic rings. The number of para-hydroxylation sites is 1. The third-order valence-electron chi connectivity index (χ3n) is 3.37. The number of hydrogen-bond donors (Lipinski definition) is 2. The summed E-state index contributed by atoms with van der Waals surface area (Å²) in [5.74, 6) is 0.720. The minimum atomic E-state index is 0.648. The third-order valence-corrected chi connectivity index (χ3v) is 3.37. The number of nitrogen functional groups attached to an aromatic ring is 1. The highest BCUT2D eigenvalue weighted by Gasteiger charge is 2.05. The van der Waals surface area contributed by atoms with Crippen LogP contribution in [-0.4, -0.2) is 9.97 Å². The number of hydrogen-bond acceptors (Lipinski definition) is 4. The van der Waals surface area contributed by atoms with Crippen LogP contribution in [-0.2, 0) is 6.54 Å². The first kappa shape index (κ1) is 12.4. The first-order valence-corrected chi connectivity index (χ1v) is 6.53. The lowest BCUT2D eigenvalue weighted by Gasteiger charge is -2.11. The fraction of sp³-hybridized carbons (Fsp3) is 0.125.